The summed E-state index contributed by atoms with van der Waals surface area (Å²) in [6.07, 6.45) is -0.0522. The second-order valence-corrected chi connectivity index (χ2v) is 6.47. The first kappa shape index (κ1) is 19.4. The molecule has 25 heavy (non-hydrogen) atoms. The number of ether oxygens (including phenoxy) is 1. The normalized spacial score (nSPS) is 11.8. The molecule has 0 aliphatic heterocycles. The van der Waals surface area contributed by atoms with Crippen molar-refractivity contribution in [3.05, 3.63) is 64.4 Å². The average molecular weight is 410 g/mol. The topological polar surface area (TPSA) is 49.8 Å². The van der Waals surface area contributed by atoms with E-state index >= 15 is 0 Å². The molecule has 0 radical (unpaired) electrons. The number of carbonyl (C=O) groups excluding carboxylic acids is 1. The summed E-state index contributed by atoms with van der Waals surface area (Å²) in [5.74, 6) is -0.210. The monoisotopic (exact) mass is 409 g/mol. The zero-order chi connectivity index (χ0) is 18.2. The highest BCUT2D eigenvalue weighted by Gasteiger charge is 2.22. The Labute approximate surface area is 155 Å². The van der Waals surface area contributed by atoms with Crippen molar-refractivity contribution in [2.24, 2.45) is 0 Å². The minimum Gasteiger partial charge on any atom is -0.480 e. The molecule has 1 amide bonds. The largest absolute Gasteiger partial charge is 0.480 e. The fourth-order valence-corrected chi connectivity index (χ4v) is 2.87. The predicted molar refractivity (Wildman–Crippen MR) is 98.0 cm³/mol. The maximum absolute atomic E-state index is 13.1. The minimum atomic E-state index is -0.746. The van der Waals surface area contributed by atoms with Gasteiger partial charge < -0.3 is 14.7 Å². The van der Waals surface area contributed by atoms with Crippen LogP contribution in [-0.2, 0) is 11.2 Å². The molecule has 0 saturated heterocycles. The molecule has 2 aromatic rings. The number of halogens is 2. The lowest BCUT2D eigenvalue weighted by molar-refractivity contribution is -0.138. The van der Waals surface area contributed by atoms with Crippen molar-refractivity contribution in [2.45, 2.75) is 19.4 Å². The number of hydrogen-bond donors (Lipinski definition) is 1. The molecule has 0 aliphatic carbocycles. The molecular formula is C19H21BrFNO3. The maximum Gasteiger partial charge on any atom is 0.263 e. The van der Waals surface area contributed by atoms with E-state index in [2.05, 4.69) is 15.9 Å². The quantitative estimate of drug-likeness (QED) is 0.726. The van der Waals surface area contributed by atoms with Gasteiger partial charge in [0.15, 0.2) is 6.10 Å². The van der Waals surface area contributed by atoms with Crippen LogP contribution in [0.25, 0.3) is 0 Å². The Balaban J connectivity index is 2.00. The van der Waals surface area contributed by atoms with Gasteiger partial charge in [-0.1, -0.05) is 30.3 Å². The Morgan fingerprint density at radius 1 is 1.24 bits per heavy atom. The van der Waals surface area contributed by atoms with Crippen LogP contribution in [0.15, 0.2) is 53.0 Å². The molecule has 0 heterocycles. The van der Waals surface area contributed by atoms with Crippen molar-refractivity contribution in [1.82, 2.24) is 4.90 Å². The number of aliphatic hydroxyl groups is 1. The smallest absolute Gasteiger partial charge is 0.263 e. The van der Waals surface area contributed by atoms with Crippen molar-refractivity contribution in [1.29, 1.82) is 0 Å². The van der Waals surface area contributed by atoms with E-state index in [1.807, 2.05) is 30.3 Å². The fraction of sp³-hybridized carbons (Fsp3) is 0.316. The van der Waals surface area contributed by atoms with Crippen LogP contribution in [0.1, 0.15) is 12.5 Å². The molecule has 1 N–H and O–H groups in total. The molecule has 4 nitrogen and oxygen atoms in total. The summed E-state index contributed by atoms with van der Waals surface area (Å²) >= 11 is 3.22. The van der Waals surface area contributed by atoms with Gasteiger partial charge in [-0.3, -0.25) is 4.79 Å². The third kappa shape index (κ3) is 5.83. The number of nitrogens with zero attached hydrogens (tertiary/aromatic N) is 1. The molecule has 0 aliphatic rings. The summed E-state index contributed by atoms with van der Waals surface area (Å²) in [6.45, 7) is 2.25. The molecular weight excluding hydrogens is 389 g/mol. The number of hydrogen-bond acceptors (Lipinski definition) is 3. The first-order chi connectivity index (χ1) is 12.0. The summed E-state index contributed by atoms with van der Waals surface area (Å²) in [7, 11) is 0. The first-order valence-corrected chi connectivity index (χ1v) is 8.86. The summed E-state index contributed by atoms with van der Waals surface area (Å²) in [4.78, 5) is 14.2. The molecule has 0 bridgehead atoms. The van der Waals surface area contributed by atoms with Gasteiger partial charge in [0.1, 0.15) is 11.6 Å². The molecule has 2 rings (SSSR count). The van der Waals surface area contributed by atoms with E-state index in [0.717, 1.165) is 5.56 Å². The fourth-order valence-electron chi connectivity index (χ4n) is 2.43. The van der Waals surface area contributed by atoms with Gasteiger partial charge in [-0.05, 0) is 53.0 Å². The van der Waals surface area contributed by atoms with Crippen molar-refractivity contribution < 1.29 is 19.0 Å². The van der Waals surface area contributed by atoms with Crippen LogP contribution in [0, 0.1) is 5.82 Å². The third-order valence-electron chi connectivity index (χ3n) is 3.74. The van der Waals surface area contributed by atoms with Gasteiger partial charge >= 0.3 is 0 Å². The van der Waals surface area contributed by atoms with Crippen molar-refractivity contribution in [3.63, 3.8) is 0 Å². The lowest BCUT2D eigenvalue weighted by atomic mass is 10.1. The number of aliphatic hydroxyl groups excluding tert-OH is 1. The summed E-state index contributed by atoms with van der Waals surface area (Å²) in [5, 5.41) is 9.25. The van der Waals surface area contributed by atoms with E-state index in [1.54, 1.807) is 11.8 Å². The highest BCUT2D eigenvalue weighted by Crippen LogP contribution is 2.26. The van der Waals surface area contributed by atoms with E-state index in [9.17, 15) is 14.3 Å². The molecule has 134 valence electrons. The second kappa shape index (κ2) is 9.53. The highest BCUT2D eigenvalue weighted by atomic mass is 79.9. The lowest BCUT2D eigenvalue weighted by Crippen LogP contribution is -2.43. The summed E-state index contributed by atoms with van der Waals surface area (Å²) in [6, 6.07) is 13.9. The molecule has 0 fully saturated rings. The van der Waals surface area contributed by atoms with Gasteiger partial charge in [0.25, 0.3) is 5.91 Å². The molecule has 1 unspecified atom stereocenters. The van der Waals surface area contributed by atoms with Crippen LogP contribution in [0.3, 0.4) is 0 Å². The van der Waals surface area contributed by atoms with Gasteiger partial charge in [-0.2, -0.15) is 0 Å². The molecule has 2 aromatic carbocycles. The SMILES string of the molecule is CC(Oc1ccc(F)cc1Br)C(=O)N(CCO)CCc1ccccc1. The number of carbonyl (C=O) groups is 1. The van der Waals surface area contributed by atoms with Gasteiger partial charge in [0.05, 0.1) is 11.1 Å². The molecule has 6 heteroatoms. The molecule has 0 aromatic heterocycles. The summed E-state index contributed by atoms with van der Waals surface area (Å²) in [5.41, 5.74) is 1.12. The zero-order valence-corrected chi connectivity index (χ0v) is 15.6. The van der Waals surface area contributed by atoms with Crippen molar-refractivity contribution in [2.75, 3.05) is 19.7 Å². The van der Waals surface area contributed by atoms with Crippen LogP contribution in [0.4, 0.5) is 4.39 Å². The summed E-state index contributed by atoms with van der Waals surface area (Å²) < 4.78 is 19.2. The van der Waals surface area contributed by atoms with Gasteiger partial charge in [-0.15, -0.1) is 0 Å². The van der Waals surface area contributed by atoms with E-state index in [1.165, 1.54) is 18.2 Å². The van der Waals surface area contributed by atoms with Crippen LogP contribution in [-0.4, -0.2) is 41.7 Å². The average Bonchev–Trinajstić information content (AvgIpc) is 2.61. The van der Waals surface area contributed by atoms with Crippen molar-refractivity contribution >= 4 is 21.8 Å². The van der Waals surface area contributed by atoms with E-state index in [-0.39, 0.29) is 24.9 Å². The Morgan fingerprint density at radius 3 is 2.60 bits per heavy atom. The van der Waals surface area contributed by atoms with E-state index < -0.39 is 6.10 Å². The van der Waals surface area contributed by atoms with Crippen LogP contribution < -0.4 is 4.74 Å². The lowest BCUT2D eigenvalue weighted by Gasteiger charge is -2.26. The molecule has 0 saturated carbocycles. The van der Waals surface area contributed by atoms with E-state index in [0.29, 0.717) is 23.2 Å². The second-order valence-electron chi connectivity index (χ2n) is 5.62. The minimum absolute atomic E-state index is 0.118. The first-order valence-electron chi connectivity index (χ1n) is 8.06. The van der Waals surface area contributed by atoms with Crippen LogP contribution in [0.5, 0.6) is 5.75 Å². The van der Waals surface area contributed by atoms with Gasteiger partial charge in [-0.25, -0.2) is 4.39 Å². The maximum atomic E-state index is 13.1. The Morgan fingerprint density at radius 2 is 1.96 bits per heavy atom. The standard InChI is InChI=1S/C19H21BrFNO3/c1-14(25-18-8-7-16(21)13-17(18)20)19(24)22(11-12-23)10-9-15-5-3-2-4-6-15/h2-8,13-14,23H,9-12H2,1H3. The van der Waals surface area contributed by atoms with Crippen molar-refractivity contribution in [3.8, 4) is 5.75 Å². The number of amides is 1. The Bertz CT molecular complexity index is 696. The Kier molecular flexibility index (Phi) is 7.40. The number of rotatable bonds is 8. The molecule has 1 atom stereocenters. The van der Waals surface area contributed by atoms with Gasteiger partial charge in [0, 0.05) is 13.1 Å². The van der Waals surface area contributed by atoms with Crippen LogP contribution in [0.2, 0.25) is 0 Å². The molecule has 0 spiro atoms. The number of benzene rings is 2. The Hall–Kier alpha value is -1.92. The highest BCUT2D eigenvalue weighted by molar-refractivity contribution is 9.10. The van der Waals surface area contributed by atoms with Gasteiger partial charge in [0.2, 0.25) is 0 Å². The zero-order valence-electron chi connectivity index (χ0n) is 14.0. The third-order valence-corrected chi connectivity index (χ3v) is 4.36. The van der Waals surface area contributed by atoms with E-state index in [4.69, 9.17) is 4.74 Å². The predicted octanol–water partition coefficient (Wildman–Crippen LogP) is 3.42. The van der Waals surface area contributed by atoms with Crippen LogP contribution >= 0.6 is 15.9 Å².